The SMILES string of the molecule is COCC(=S)N1CCN(c2ncnc3[nH]ccc23)CC12CC2. The third-order valence-electron chi connectivity index (χ3n) is 4.68. The molecular formula is C15H19N5OS. The van der Waals surface area contributed by atoms with Crippen LogP contribution in [0.2, 0.25) is 0 Å². The van der Waals surface area contributed by atoms with Crippen LogP contribution in [-0.2, 0) is 4.74 Å². The Bertz CT molecular complexity index is 711. The van der Waals surface area contributed by atoms with Crippen LogP contribution in [0, 0.1) is 0 Å². The predicted octanol–water partition coefficient (Wildman–Crippen LogP) is 1.59. The van der Waals surface area contributed by atoms with Crippen LogP contribution in [0.15, 0.2) is 18.6 Å². The highest BCUT2D eigenvalue weighted by molar-refractivity contribution is 7.80. The minimum atomic E-state index is 0.182. The Balaban J connectivity index is 1.60. The fourth-order valence-corrected chi connectivity index (χ4v) is 3.83. The van der Waals surface area contributed by atoms with E-state index in [9.17, 15) is 0 Å². The van der Waals surface area contributed by atoms with Crippen molar-refractivity contribution >= 4 is 34.1 Å². The maximum absolute atomic E-state index is 5.53. The lowest BCUT2D eigenvalue weighted by Crippen LogP contribution is -2.57. The minimum Gasteiger partial charge on any atom is -0.378 e. The maximum atomic E-state index is 5.53. The highest BCUT2D eigenvalue weighted by atomic mass is 32.1. The van der Waals surface area contributed by atoms with E-state index in [1.807, 2.05) is 12.3 Å². The van der Waals surface area contributed by atoms with Gasteiger partial charge in [0.1, 0.15) is 22.8 Å². The van der Waals surface area contributed by atoms with Gasteiger partial charge in [-0.3, -0.25) is 0 Å². The second kappa shape index (κ2) is 5.17. The molecule has 3 heterocycles. The lowest BCUT2D eigenvalue weighted by atomic mass is 10.1. The molecular weight excluding hydrogens is 298 g/mol. The highest BCUT2D eigenvalue weighted by Gasteiger charge is 2.52. The summed E-state index contributed by atoms with van der Waals surface area (Å²) in [4.78, 5) is 17.6. The number of rotatable bonds is 3. The van der Waals surface area contributed by atoms with Crippen molar-refractivity contribution in [2.75, 3.05) is 38.3 Å². The zero-order chi connectivity index (χ0) is 15.2. The van der Waals surface area contributed by atoms with E-state index in [4.69, 9.17) is 17.0 Å². The Kier molecular flexibility index (Phi) is 3.27. The molecule has 2 aromatic rings. The summed E-state index contributed by atoms with van der Waals surface area (Å²) in [6, 6.07) is 2.05. The standard InChI is InChI=1S/C15H19N5OS/c1-21-8-12(22)20-7-6-19(9-15(20)3-4-15)14-11-2-5-16-13(11)17-10-18-14/h2,5,10H,3-4,6-9H2,1H3,(H,16,17,18). The van der Waals surface area contributed by atoms with Crippen LogP contribution in [0.4, 0.5) is 5.82 Å². The number of nitrogens with one attached hydrogen (secondary N) is 1. The van der Waals surface area contributed by atoms with Gasteiger partial charge in [0.2, 0.25) is 0 Å². The summed E-state index contributed by atoms with van der Waals surface area (Å²) >= 11 is 5.53. The topological polar surface area (TPSA) is 57.3 Å². The van der Waals surface area contributed by atoms with E-state index >= 15 is 0 Å². The Morgan fingerprint density at radius 1 is 1.41 bits per heavy atom. The second-order valence-electron chi connectivity index (χ2n) is 6.06. The zero-order valence-electron chi connectivity index (χ0n) is 12.6. The first-order valence-electron chi connectivity index (χ1n) is 7.56. The minimum absolute atomic E-state index is 0.182. The summed E-state index contributed by atoms with van der Waals surface area (Å²) in [6.45, 7) is 3.35. The zero-order valence-corrected chi connectivity index (χ0v) is 13.4. The number of piperazine rings is 1. The van der Waals surface area contributed by atoms with Crippen LogP contribution in [0.3, 0.4) is 0 Å². The molecule has 1 saturated heterocycles. The molecule has 7 heteroatoms. The van der Waals surface area contributed by atoms with Gasteiger partial charge in [-0.25, -0.2) is 9.97 Å². The summed E-state index contributed by atoms with van der Waals surface area (Å²) in [5.41, 5.74) is 1.08. The van der Waals surface area contributed by atoms with E-state index in [2.05, 4.69) is 24.8 Å². The number of anilines is 1. The maximum Gasteiger partial charge on any atom is 0.142 e. The molecule has 0 radical (unpaired) electrons. The normalized spacial score (nSPS) is 19.9. The van der Waals surface area contributed by atoms with Crippen LogP contribution in [-0.4, -0.2) is 63.7 Å². The van der Waals surface area contributed by atoms with Gasteiger partial charge in [-0.05, 0) is 18.9 Å². The van der Waals surface area contributed by atoms with Crippen molar-refractivity contribution < 1.29 is 4.74 Å². The molecule has 1 aliphatic carbocycles. The van der Waals surface area contributed by atoms with Gasteiger partial charge < -0.3 is 19.5 Å². The van der Waals surface area contributed by atoms with Crippen molar-refractivity contribution in [3.05, 3.63) is 18.6 Å². The van der Waals surface area contributed by atoms with E-state index in [-0.39, 0.29) is 5.54 Å². The van der Waals surface area contributed by atoms with Crippen LogP contribution in [0.1, 0.15) is 12.8 Å². The number of fused-ring (bicyclic) bond motifs is 1. The van der Waals surface area contributed by atoms with Crippen LogP contribution in [0.25, 0.3) is 11.0 Å². The molecule has 0 amide bonds. The van der Waals surface area contributed by atoms with Gasteiger partial charge in [0, 0.05) is 32.9 Å². The van der Waals surface area contributed by atoms with Crippen LogP contribution < -0.4 is 4.90 Å². The van der Waals surface area contributed by atoms with E-state index < -0.39 is 0 Å². The summed E-state index contributed by atoms with van der Waals surface area (Å²) in [5, 5.41) is 1.09. The number of hydrogen-bond acceptors (Lipinski definition) is 5. The van der Waals surface area contributed by atoms with Crippen LogP contribution in [0.5, 0.6) is 0 Å². The van der Waals surface area contributed by atoms with Gasteiger partial charge in [-0.15, -0.1) is 0 Å². The number of nitrogens with zero attached hydrogens (tertiary/aromatic N) is 4. The number of hydrogen-bond donors (Lipinski definition) is 1. The Labute approximate surface area is 134 Å². The molecule has 1 N–H and O–H groups in total. The van der Waals surface area contributed by atoms with Crippen LogP contribution >= 0.6 is 12.2 Å². The van der Waals surface area contributed by atoms with Gasteiger partial charge in [-0.2, -0.15) is 0 Å². The third kappa shape index (κ3) is 2.16. The molecule has 0 unspecified atom stereocenters. The van der Waals surface area contributed by atoms with E-state index in [1.165, 1.54) is 12.8 Å². The average Bonchev–Trinajstić information content (AvgIpc) is 3.11. The van der Waals surface area contributed by atoms with Gasteiger partial charge in [0.25, 0.3) is 0 Å². The summed E-state index contributed by atoms with van der Waals surface area (Å²) < 4.78 is 5.22. The lowest BCUT2D eigenvalue weighted by Gasteiger charge is -2.44. The van der Waals surface area contributed by atoms with Gasteiger partial charge in [0.05, 0.1) is 17.5 Å². The first-order chi connectivity index (χ1) is 10.7. The smallest absolute Gasteiger partial charge is 0.142 e. The van der Waals surface area contributed by atoms with E-state index in [1.54, 1.807) is 13.4 Å². The molecule has 0 atom stereocenters. The Morgan fingerprint density at radius 3 is 3.05 bits per heavy atom. The number of aromatic amines is 1. The fraction of sp³-hybridized carbons (Fsp3) is 0.533. The predicted molar refractivity (Wildman–Crippen MR) is 89.2 cm³/mol. The summed E-state index contributed by atoms with van der Waals surface area (Å²) in [5.74, 6) is 1.02. The number of methoxy groups -OCH3 is 1. The van der Waals surface area contributed by atoms with E-state index in [0.29, 0.717) is 6.61 Å². The number of thiocarbonyl (C=S) groups is 1. The number of ether oxygens (including phenoxy) is 1. The molecule has 1 saturated carbocycles. The Hall–Kier alpha value is -1.73. The Morgan fingerprint density at radius 2 is 2.27 bits per heavy atom. The molecule has 22 heavy (non-hydrogen) atoms. The molecule has 0 aromatic carbocycles. The lowest BCUT2D eigenvalue weighted by molar-refractivity contribution is 0.207. The highest BCUT2D eigenvalue weighted by Crippen LogP contribution is 2.45. The quantitative estimate of drug-likeness (QED) is 0.868. The molecule has 2 aromatic heterocycles. The molecule has 116 valence electrons. The third-order valence-corrected chi connectivity index (χ3v) is 5.02. The van der Waals surface area contributed by atoms with Crippen molar-refractivity contribution in [3.63, 3.8) is 0 Å². The van der Waals surface area contributed by atoms with Crippen molar-refractivity contribution in [2.24, 2.45) is 0 Å². The molecule has 1 spiro atoms. The molecule has 0 bridgehead atoms. The molecule has 1 aliphatic heterocycles. The molecule has 2 aliphatic rings. The van der Waals surface area contributed by atoms with Crippen molar-refractivity contribution in [3.8, 4) is 0 Å². The summed E-state index contributed by atoms with van der Waals surface area (Å²) in [6.07, 6.45) is 5.93. The van der Waals surface area contributed by atoms with Gasteiger partial charge in [-0.1, -0.05) is 12.2 Å². The first-order valence-corrected chi connectivity index (χ1v) is 7.97. The molecule has 6 nitrogen and oxygen atoms in total. The first kappa shape index (κ1) is 13.9. The number of aromatic nitrogens is 3. The molecule has 2 fully saturated rings. The fourth-order valence-electron chi connectivity index (χ4n) is 3.43. The second-order valence-corrected chi connectivity index (χ2v) is 6.53. The van der Waals surface area contributed by atoms with Gasteiger partial charge in [0.15, 0.2) is 0 Å². The average molecular weight is 317 g/mol. The van der Waals surface area contributed by atoms with E-state index in [0.717, 1.165) is 41.5 Å². The number of H-pyrrole nitrogens is 1. The van der Waals surface area contributed by atoms with Crippen molar-refractivity contribution in [1.82, 2.24) is 19.9 Å². The molecule has 4 rings (SSSR count). The summed E-state index contributed by atoms with van der Waals surface area (Å²) in [7, 11) is 1.70. The monoisotopic (exact) mass is 317 g/mol. The van der Waals surface area contributed by atoms with Crippen molar-refractivity contribution in [1.29, 1.82) is 0 Å². The largest absolute Gasteiger partial charge is 0.378 e. The van der Waals surface area contributed by atoms with Gasteiger partial charge >= 0.3 is 0 Å². The van der Waals surface area contributed by atoms with Crippen molar-refractivity contribution in [2.45, 2.75) is 18.4 Å².